The van der Waals surface area contributed by atoms with Gasteiger partial charge >= 0.3 is 5.97 Å². The number of fused-ring (bicyclic) bond motifs is 1. The Kier molecular flexibility index (Phi) is 4.28. The smallest absolute Gasteiger partial charge is 0.340 e. The summed E-state index contributed by atoms with van der Waals surface area (Å²) in [5, 5.41) is 2.59. The van der Waals surface area contributed by atoms with E-state index in [1.54, 1.807) is 36.5 Å². The van der Waals surface area contributed by atoms with Gasteiger partial charge in [-0.1, -0.05) is 6.07 Å². The maximum Gasteiger partial charge on any atom is 0.340 e. The molecule has 116 valence electrons. The zero-order valence-electron chi connectivity index (χ0n) is 12.1. The van der Waals surface area contributed by atoms with Crippen LogP contribution in [0.1, 0.15) is 16.1 Å². The fourth-order valence-electron chi connectivity index (χ4n) is 2.02. The highest BCUT2D eigenvalue weighted by molar-refractivity contribution is 6.02. The Morgan fingerprint density at radius 2 is 2.00 bits per heavy atom. The van der Waals surface area contributed by atoms with Gasteiger partial charge in [0.25, 0.3) is 5.91 Å². The zero-order chi connectivity index (χ0) is 16.1. The lowest BCUT2D eigenvalue weighted by Crippen LogP contribution is -2.28. The number of nitrogens with zero attached hydrogens (tertiary/aromatic N) is 2. The number of nitrogens with one attached hydrogen (secondary N) is 1. The quantitative estimate of drug-likeness (QED) is 0.721. The third kappa shape index (κ3) is 3.52. The van der Waals surface area contributed by atoms with Crippen molar-refractivity contribution in [2.45, 2.75) is 6.54 Å². The van der Waals surface area contributed by atoms with E-state index in [1.165, 1.54) is 12.5 Å². The van der Waals surface area contributed by atoms with Crippen LogP contribution in [0.25, 0.3) is 11.0 Å². The summed E-state index contributed by atoms with van der Waals surface area (Å²) >= 11 is 0. The molecule has 1 amide bonds. The minimum Gasteiger partial charge on any atom is -0.467 e. The molecule has 3 rings (SSSR count). The molecule has 1 aromatic carbocycles. The van der Waals surface area contributed by atoms with Crippen molar-refractivity contribution in [2.24, 2.45) is 0 Å². The Morgan fingerprint density at radius 1 is 1.13 bits per heavy atom. The van der Waals surface area contributed by atoms with Crippen molar-refractivity contribution in [1.82, 2.24) is 15.3 Å². The molecule has 1 N–H and O–H groups in total. The average molecular weight is 311 g/mol. The Balaban J connectivity index is 1.59. The van der Waals surface area contributed by atoms with Crippen molar-refractivity contribution >= 4 is 22.9 Å². The number of ether oxygens (including phenoxy) is 1. The van der Waals surface area contributed by atoms with Crippen LogP contribution in [0.3, 0.4) is 0 Å². The van der Waals surface area contributed by atoms with Gasteiger partial charge < -0.3 is 14.5 Å². The SMILES string of the molecule is O=C(COC(=O)c1cccc2nccnc12)NCc1ccco1. The molecule has 0 saturated carbocycles. The number of benzene rings is 1. The predicted molar refractivity (Wildman–Crippen MR) is 80.4 cm³/mol. The first-order valence-electron chi connectivity index (χ1n) is 6.90. The van der Waals surface area contributed by atoms with Crippen LogP contribution in [0.5, 0.6) is 0 Å². The molecule has 2 heterocycles. The van der Waals surface area contributed by atoms with Crippen LogP contribution >= 0.6 is 0 Å². The Morgan fingerprint density at radius 3 is 2.83 bits per heavy atom. The van der Waals surface area contributed by atoms with Crippen LogP contribution < -0.4 is 5.32 Å². The van der Waals surface area contributed by atoms with Crippen LogP contribution in [0.4, 0.5) is 0 Å². The van der Waals surface area contributed by atoms with Gasteiger partial charge in [0, 0.05) is 12.4 Å². The van der Waals surface area contributed by atoms with E-state index in [0.29, 0.717) is 16.8 Å². The fraction of sp³-hybridized carbons (Fsp3) is 0.125. The lowest BCUT2D eigenvalue weighted by atomic mass is 10.2. The summed E-state index contributed by atoms with van der Waals surface area (Å²) in [4.78, 5) is 32.0. The molecule has 0 fully saturated rings. The number of aromatic nitrogens is 2. The van der Waals surface area contributed by atoms with Gasteiger partial charge in [0.05, 0.1) is 23.9 Å². The molecular formula is C16H13N3O4. The van der Waals surface area contributed by atoms with E-state index < -0.39 is 11.9 Å². The van der Waals surface area contributed by atoms with E-state index in [2.05, 4.69) is 15.3 Å². The summed E-state index contributed by atoms with van der Waals surface area (Å²) in [6.07, 6.45) is 4.55. The van der Waals surface area contributed by atoms with E-state index in [0.717, 1.165) is 0 Å². The number of rotatable bonds is 5. The molecule has 2 aromatic heterocycles. The van der Waals surface area contributed by atoms with Crippen molar-refractivity contribution in [3.63, 3.8) is 0 Å². The van der Waals surface area contributed by atoms with E-state index in [4.69, 9.17) is 9.15 Å². The minimum absolute atomic E-state index is 0.239. The molecule has 0 radical (unpaired) electrons. The molecule has 0 bridgehead atoms. The first-order chi connectivity index (χ1) is 11.2. The molecule has 7 nitrogen and oxygen atoms in total. The number of amides is 1. The minimum atomic E-state index is -0.621. The lowest BCUT2D eigenvalue weighted by molar-refractivity contribution is -0.124. The number of esters is 1. The maximum absolute atomic E-state index is 12.1. The van der Waals surface area contributed by atoms with Gasteiger partial charge in [-0.3, -0.25) is 14.8 Å². The van der Waals surface area contributed by atoms with Crippen LogP contribution in [-0.2, 0) is 16.1 Å². The zero-order valence-corrected chi connectivity index (χ0v) is 12.1. The second kappa shape index (κ2) is 6.69. The molecule has 0 aliphatic heterocycles. The number of carbonyl (C=O) groups excluding carboxylic acids is 2. The van der Waals surface area contributed by atoms with Gasteiger partial charge in [0.15, 0.2) is 6.61 Å². The van der Waals surface area contributed by atoms with Crippen molar-refractivity contribution < 1.29 is 18.7 Å². The van der Waals surface area contributed by atoms with Crippen molar-refractivity contribution in [2.75, 3.05) is 6.61 Å². The van der Waals surface area contributed by atoms with Gasteiger partial charge in [0.1, 0.15) is 11.3 Å². The predicted octanol–water partition coefficient (Wildman–Crippen LogP) is 1.70. The Bertz CT molecular complexity index is 825. The van der Waals surface area contributed by atoms with E-state index in [1.807, 2.05) is 0 Å². The van der Waals surface area contributed by atoms with Gasteiger partial charge in [-0.05, 0) is 24.3 Å². The van der Waals surface area contributed by atoms with Crippen molar-refractivity contribution in [3.05, 3.63) is 60.3 Å². The highest BCUT2D eigenvalue weighted by atomic mass is 16.5. The number of hydrogen-bond donors (Lipinski definition) is 1. The average Bonchev–Trinajstić information content (AvgIpc) is 3.11. The first kappa shape index (κ1) is 14.7. The van der Waals surface area contributed by atoms with E-state index in [9.17, 15) is 9.59 Å². The number of hydrogen-bond acceptors (Lipinski definition) is 6. The van der Waals surface area contributed by atoms with Crippen molar-refractivity contribution in [1.29, 1.82) is 0 Å². The van der Waals surface area contributed by atoms with Gasteiger partial charge in [-0.2, -0.15) is 0 Å². The molecule has 0 saturated heterocycles. The second-order valence-electron chi connectivity index (χ2n) is 4.66. The summed E-state index contributed by atoms with van der Waals surface area (Å²) in [5.74, 6) is -0.417. The van der Waals surface area contributed by atoms with E-state index in [-0.39, 0.29) is 18.7 Å². The van der Waals surface area contributed by atoms with Gasteiger partial charge in [-0.15, -0.1) is 0 Å². The van der Waals surface area contributed by atoms with Gasteiger partial charge in [-0.25, -0.2) is 4.79 Å². The fourth-order valence-corrected chi connectivity index (χ4v) is 2.02. The highest BCUT2D eigenvalue weighted by Gasteiger charge is 2.14. The molecule has 0 atom stereocenters. The molecule has 3 aromatic rings. The largest absolute Gasteiger partial charge is 0.467 e. The molecule has 0 aliphatic carbocycles. The highest BCUT2D eigenvalue weighted by Crippen LogP contribution is 2.14. The lowest BCUT2D eigenvalue weighted by Gasteiger charge is -2.07. The third-order valence-corrected chi connectivity index (χ3v) is 3.09. The summed E-state index contributed by atoms with van der Waals surface area (Å²) in [5.41, 5.74) is 1.30. The number of furan rings is 1. The normalized spacial score (nSPS) is 10.4. The number of para-hydroxylation sites is 1. The molecule has 0 aliphatic rings. The van der Waals surface area contributed by atoms with Crippen LogP contribution in [-0.4, -0.2) is 28.5 Å². The first-order valence-corrected chi connectivity index (χ1v) is 6.90. The topological polar surface area (TPSA) is 94.3 Å². The van der Waals surface area contributed by atoms with Crippen LogP contribution in [0.15, 0.2) is 53.4 Å². The van der Waals surface area contributed by atoms with Crippen LogP contribution in [0, 0.1) is 0 Å². The summed E-state index contributed by atoms with van der Waals surface area (Å²) in [7, 11) is 0. The summed E-state index contributed by atoms with van der Waals surface area (Å²) in [6, 6.07) is 8.48. The summed E-state index contributed by atoms with van der Waals surface area (Å²) < 4.78 is 10.1. The third-order valence-electron chi connectivity index (χ3n) is 3.09. The van der Waals surface area contributed by atoms with Crippen molar-refractivity contribution in [3.8, 4) is 0 Å². The second-order valence-corrected chi connectivity index (χ2v) is 4.66. The van der Waals surface area contributed by atoms with Crippen LogP contribution in [0.2, 0.25) is 0 Å². The number of carbonyl (C=O) groups is 2. The van der Waals surface area contributed by atoms with Gasteiger partial charge in [0.2, 0.25) is 0 Å². The van der Waals surface area contributed by atoms with E-state index >= 15 is 0 Å². The monoisotopic (exact) mass is 311 g/mol. The Labute approximate surface area is 131 Å². The standard InChI is InChI=1S/C16H13N3O4/c20-14(19-9-11-3-2-8-22-11)10-23-16(21)12-4-1-5-13-15(12)18-7-6-17-13/h1-8H,9-10H2,(H,19,20). The summed E-state index contributed by atoms with van der Waals surface area (Å²) in [6.45, 7) is -0.140. The molecule has 23 heavy (non-hydrogen) atoms. The molecule has 0 spiro atoms. The molecular weight excluding hydrogens is 298 g/mol. The molecule has 7 heteroatoms. The Hall–Kier alpha value is -3.22. The maximum atomic E-state index is 12.1. The molecule has 0 unspecified atom stereocenters.